The Labute approximate surface area is 139 Å². The van der Waals surface area contributed by atoms with Gasteiger partial charge >= 0.3 is 0 Å². The Hall–Kier alpha value is -2.70. The van der Waals surface area contributed by atoms with Gasteiger partial charge in [-0.15, -0.1) is 0 Å². The first kappa shape index (κ1) is 16.2. The molecular weight excluding hydrogens is 304 g/mol. The summed E-state index contributed by atoms with van der Waals surface area (Å²) in [7, 11) is 0. The third kappa shape index (κ3) is 3.45. The van der Waals surface area contributed by atoms with Gasteiger partial charge in [-0.05, 0) is 38.1 Å². The van der Waals surface area contributed by atoms with Crippen LogP contribution >= 0.6 is 0 Å². The summed E-state index contributed by atoms with van der Waals surface area (Å²) in [4.78, 5) is 14.5. The molecule has 4 aromatic rings. The predicted octanol–water partition coefficient (Wildman–Crippen LogP) is 3.23. The summed E-state index contributed by atoms with van der Waals surface area (Å²) < 4.78 is 0. The topological polar surface area (TPSA) is 97.8 Å². The van der Waals surface area contributed by atoms with Crippen molar-refractivity contribution in [2.24, 2.45) is 0 Å². The number of benzene rings is 2. The van der Waals surface area contributed by atoms with Crippen LogP contribution in [-0.2, 0) is 0 Å². The first-order valence-corrected chi connectivity index (χ1v) is 7.80. The monoisotopic (exact) mass is 324 g/mol. The van der Waals surface area contributed by atoms with Gasteiger partial charge in [0.2, 0.25) is 0 Å². The summed E-state index contributed by atoms with van der Waals surface area (Å²) in [5, 5.41) is 18.5. The van der Waals surface area contributed by atoms with Gasteiger partial charge in [-0.1, -0.05) is 24.3 Å². The second kappa shape index (κ2) is 6.82. The molecule has 0 aliphatic rings. The first-order chi connectivity index (χ1) is 11.5. The van der Waals surface area contributed by atoms with Gasteiger partial charge in [-0.3, -0.25) is 0 Å². The molecular formula is C18H20N4O2. The smallest absolute Gasteiger partial charge is 0.135 e. The third-order valence-corrected chi connectivity index (χ3v) is 3.61. The molecule has 2 heterocycles. The minimum atomic E-state index is -0.530. The minimum Gasteiger partial charge on any atom is -0.385 e. The van der Waals surface area contributed by atoms with E-state index in [0.717, 1.165) is 22.1 Å². The van der Waals surface area contributed by atoms with Crippen LogP contribution in [-0.4, -0.2) is 30.1 Å². The maximum Gasteiger partial charge on any atom is 0.135 e. The number of aliphatic hydroxyl groups excluding tert-OH is 2. The number of nitrogens with zero attached hydrogens (tertiary/aromatic N) is 2. The Bertz CT molecular complexity index is 796. The molecule has 4 rings (SSSR count). The van der Waals surface area contributed by atoms with Crippen molar-refractivity contribution < 1.29 is 10.2 Å². The summed E-state index contributed by atoms with van der Waals surface area (Å²) in [6, 6.07) is 15.4. The van der Waals surface area contributed by atoms with Gasteiger partial charge in [0.25, 0.3) is 0 Å². The van der Waals surface area contributed by atoms with Crippen molar-refractivity contribution in [2.45, 2.75) is 26.1 Å². The maximum atomic E-state index is 9.23. The average Bonchev–Trinajstić information content (AvgIpc) is 3.19. The fraction of sp³-hybridized carbons (Fsp3) is 0.222. The molecule has 124 valence electrons. The van der Waals surface area contributed by atoms with E-state index in [0.29, 0.717) is 11.6 Å². The number of aromatic amines is 2. The van der Waals surface area contributed by atoms with Crippen LogP contribution < -0.4 is 0 Å². The molecule has 6 heteroatoms. The fourth-order valence-corrected chi connectivity index (χ4v) is 2.34. The molecule has 0 radical (unpaired) electrons. The minimum absolute atomic E-state index is 0.530. The highest BCUT2D eigenvalue weighted by atomic mass is 16.3. The van der Waals surface area contributed by atoms with Gasteiger partial charge in [0.1, 0.15) is 23.9 Å². The lowest BCUT2D eigenvalue weighted by atomic mass is 10.3. The van der Waals surface area contributed by atoms with Crippen molar-refractivity contribution in [1.29, 1.82) is 0 Å². The molecule has 0 spiro atoms. The normalized spacial score (nSPS) is 13.5. The summed E-state index contributed by atoms with van der Waals surface area (Å²) in [5.41, 5.74) is 3.73. The highest BCUT2D eigenvalue weighted by Crippen LogP contribution is 2.15. The third-order valence-electron chi connectivity index (χ3n) is 3.61. The molecule has 0 aliphatic carbocycles. The van der Waals surface area contributed by atoms with Crippen LogP contribution in [0.5, 0.6) is 0 Å². The second-order valence-corrected chi connectivity index (χ2v) is 5.63. The lowest BCUT2D eigenvalue weighted by Gasteiger charge is -1.95. The lowest BCUT2D eigenvalue weighted by Crippen LogP contribution is -1.92. The maximum absolute atomic E-state index is 9.23. The highest BCUT2D eigenvalue weighted by molar-refractivity contribution is 5.75. The zero-order valence-corrected chi connectivity index (χ0v) is 13.6. The Morgan fingerprint density at radius 2 is 1.08 bits per heavy atom. The van der Waals surface area contributed by atoms with Gasteiger partial charge in [0.05, 0.1) is 22.1 Å². The molecule has 2 atom stereocenters. The van der Waals surface area contributed by atoms with Gasteiger partial charge < -0.3 is 20.2 Å². The van der Waals surface area contributed by atoms with E-state index in [4.69, 9.17) is 0 Å². The summed E-state index contributed by atoms with van der Waals surface area (Å²) in [6.07, 6.45) is -1.06. The van der Waals surface area contributed by atoms with E-state index in [2.05, 4.69) is 19.9 Å². The molecule has 0 fully saturated rings. The van der Waals surface area contributed by atoms with Crippen LogP contribution in [0, 0.1) is 0 Å². The van der Waals surface area contributed by atoms with Crippen LogP contribution in [0.15, 0.2) is 48.5 Å². The van der Waals surface area contributed by atoms with Gasteiger partial charge in [0, 0.05) is 0 Å². The highest BCUT2D eigenvalue weighted by Gasteiger charge is 2.06. The molecule has 0 aliphatic heterocycles. The van der Waals surface area contributed by atoms with Gasteiger partial charge in [0.15, 0.2) is 0 Å². The molecule has 2 aromatic carbocycles. The SMILES string of the molecule is C[C@H](O)c1nc2ccccc2[nH]1.C[C@H](O)c1nc2ccccc2[nH]1. The van der Waals surface area contributed by atoms with E-state index in [9.17, 15) is 10.2 Å². The van der Waals surface area contributed by atoms with E-state index in [1.54, 1.807) is 13.8 Å². The standard InChI is InChI=1S/2C9H10N2O/c2*1-6(12)9-10-7-4-2-3-5-8(7)11-9/h2*2-6,12H,1H3,(H,10,11)/t2*6-/m00/s1. The van der Waals surface area contributed by atoms with Crippen molar-refractivity contribution in [3.63, 3.8) is 0 Å². The fourth-order valence-electron chi connectivity index (χ4n) is 2.34. The van der Waals surface area contributed by atoms with Crippen molar-refractivity contribution in [3.05, 3.63) is 60.2 Å². The van der Waals surface area contributed by atoms with E-state index in [1.165, 1.54) is 0 Å². The molecule has 0 unspecified atom stereocenters. The Morgan fingerprint density at radius 1 is 0.708 bits per heavy atom. The van der Waals surface area contributed by atoms with Crippen molar-refractivity contribution in [1.82, 2.24) is 19.9 Å². The van der Waals surface area contributed by atoms with Gasteiger partial charge in [-0.2, -0.15) is 0 Å². The average molecular weight is 324 g/mol. The zero-order chi connectivity index (χ0) is 17.1. The summed E-state index contributed by atoms with van der Waals surface area (Å²) in [6.45, 7) is 3.38. The van der Waals surface area contributed by atoms with E-state index in [1.807, 2.05) is 48.5 Å². The molecule has 0 saturated heterocycles. The quantitative estimate of drug-likeness (QED) is 0.455. The number of aliphatic hydroxyl groups is 2. The molecule has 0 bridgehead atoms. The lowest BCUT2D eigenvalue weighted by molar-refractivity contribution is 0.190. The van der Waals surface area contributed by atoms with Crippen molar-refractivity contribution in [2.75, 3.05) is 0 Å². The number of para-hydroxylation sites is 4. The van der Waals surface area contributed by atoms with E-state index >= 15 is 0 Å². The van der Waals surface area contributed by atoms with Crippen LogP contribution in [0.1, 0.15) is 37.7 Å². The van der Waals surface area contributed by atoms with Gasteiger partial charge in [-0.25, -0.2) is 9.97 Å². The van der Waals surface area contributed by atoms with E-state index < -0.39 is 12.2 Å². The molecule has 0 amide bonds. The molecule has 6 nitrogen and oxygen atoms in total. The predicted molar refractivity (Wildman–Crippen MR) is 93.5 cm³/mol. The number of rotatable bonds is 2. The van der Waals surface area contributed by atoms with Crippen molar-refractivity contribution in [3.8, 4) is 0 Å². The molecule has 0 saturated carbocycles. The number of imidazole rings is 2. The number of nitrogens with one attached hydrogen (secondary N) is 2. The number of hydrogen-bond donors (Lipinski definition) is 4. The Morgan fingerprint density at radius 3 is 1.42 bits per heavy atom. The number of fused-ring (bicyclic) bond motifs is 2. The zero-order valence-electron chi connectivity index (χ0n) is 13.6. The summed E-state index contributed by atoms with van der Waals surface area (Å²) >= 11 is 0. The van der Waals surface area contributed by atoms with Crippen molar-refractivity contribution >= 4 is 22.1 Å². The summed E-state index contributed by atoms with van der Waals surface area (Å²) in [5.74, 6) is 1.24. The second-order valence-electron chi connectivity index (χ2n) is 5.63. The number of aromatic nitrogens is 4. The van der Waals surface area contributed by atoms with Crippen LogP contribution in [0.25, 0.3) is 22.1 Å². The first-order valence-electron chi connectivity index (χ1n) is 7.80. The molecule has 4 N–H and O–H groups in total. The largest absolute Gasteiger partial charge is 0.385 e. The number of H-pyrrole nitrogens is 2. The Balaban J connectivity index is 0.000000141. The van der Waals surface area contributed by atoms with E-state index in [-0.39, 0.29) is 0 Å². The molecule has 2 aromatic heterocycles. The molecule has 24 heavy (non-hydrogen) atoms. The van der Waals surface area contributed by atoms with Crippen LogP contribution in [0.2, 0.25) is 0 Å². The van der Waals surface area contributed by atoms with Crippen LogP contribution in [0.3, 0.4) is 0 Å². The van der Waals surface area contributed by atoms with Crippen LogP contribution in [0.4, 0.5) is 0 Å². The number of hydrogen-bond acceptors (Lipinski definition) is 4. The Kier molecular flexibility index (Phi) is 4.59.